The molecule has 4 saturated carbocycles. The zero-order valence-electron chi connectivity index (χ0n) is 32.5. The Morgan fingerprint density at radius 3 is 2.33 bits per heavy atom. The highest BCUT2D eigenvalue weighted by Gasteiger charge is 2.69. The highest BCUT2D eigenvalue weighted by Crippen LogP contribution is 2.75. The maximum absolute atomic E-state index is 13.9. The van der Waals surface area contributed by atoms with Crippen LogP contribution in [0.4, 0.5) is 4.79 Å². The minimum atomic E-state index is -1.18. The first-order valence-corrected chi connectivity index (χ1v) is 19.2. The number of carboxylic acids is 1. The number of aliphatic carboxylic acids is 1. The summed E-state index contributed by atoms with van der Waals surface area (Å²) in [6.45, 7) is 21.2. The SMILES string of the molecule is Cc1nnc(CNC(=O)N[C@@]23CC[C@]4(C)C(=C2C(C(C)C)C(=O)C3)CCC2[C@@]3(C)CC[C@H](OC(=O)CC(C)(C)C(=O)O)C(C)(C)C3CC[C@]24C)o1. The Balaban J connectivity index is 1.29. The number of ketones is 1. The van der Waals surface area contributed by atoms with Crippen LogP contribution in [0.25, 0.3) is 0 Å². The number of carbonyl (C=O) groups is 4. The van der Waals surface area contributed by atoms with Gasteiger partial charge in [0.05, 0.1) is 23.9 Å². The summed E-state index contributed by atoms with van der Waals surface area (Å²) < 4.78 is 11.6. The first kappa shape index (κ1) is 37.5. The van der Waals surface area contributed by atoms with Gasteiger partial charge in [0.2, 0.25) is 11.8 Å². The number of ether oxygens (including phenoxy) is 1. The van der Waals surface area contributed by atoms with Crippen LogP contribution >= 0.6 is 0 Å². The Morgan fingerprint density at radius 2 is 1.71 bits per heavy atom. The molecule has 282 valence electrons. The molecule has 0 aromatic carbocycles. The molecular weight excluding hydrogens is 648 g/mol. The van der Waals surface area contributed by atoms with Gasteiger partial charge in [-0.1, -0.05) is 54.0 Å². The maximum atomic E-state index is 13.9. The Kier molecular flexibility index (Phi) is 9.14. The van der Waals surface area contributed by atoms with Gasteiger partial charge < -0.3 is 24.9 Å². The molecular formula is C40H60N4O7. The number of Topliss-reactive ketones (excluding diaryl/α,β-unsaturated/α-hetero) is 1. The molecule has 1 aromatic rings. The number of hydrogen-bond donors (Lipinski definition) is 3. The molecule has 3 N–H and O–H groups in total. The number of nitrogens with zero attached hydrogens (tertiary/aromatic N) is 2. The molecule has 11 heteroatoms. The molecule has 2 amide bonds. The fourth-order valence-electron chi connectivity index (χ4n) is 12.3. The third kappa shape index (κ3) is 5.83. The van der Waals surface area contributed by atoms with Crippen LogP contribution in [0.15, 0.2) is 15.6 Å². The van der Waals surface area contributed by atoms with Crippen molar-refractivity contribution in [3.63, 3.8) is 0 Å². The van der Waals surface area contributed by atoms with Crippen LogP contribution in [0.2, 0.25) is 0 Å². The predicted octanol–water partition coefficient (Wildman–Crippen LogP) is 7.32. The fraction of sp³-hybridized carbons (Fsp3) is 0.800. The van der Waals surface area contributed by atoms with E-state index in [0.717, 1.165) is 44.9 Å². The van der Waals surface area contributed by atoms with E-state index in [1.807, 2.05) is 0 Å². The Hall–Kier alpha value is -3.24. The number of carboxylic acid groups (broad SMARTS) is 1. The molecule has 5 aliphatic carbocycles. The zero-order chi connectivity index (χ0) is 37.5. The van der Waals surface area contributed by atoms with Crippen molar-refractivity contribution < 1.29 is 33.4 Å². The molecule has 0 radical (unpaired) electrons. The second kappa shape index (κ2) is 12.4. The van der Waals surface area contributed by atoms with Crippen molar-refractivity contribution in [2.75, 3.05) is 0 Å². The summed E-state index contributed by atoms with van der Waals surface area (Å²) in [5.41, 5.74) is 0.307. The van der Waals surface area contributed by atoms with Crippen LogP contribution in [0.1, 0.15) is 138 Å². The lowest BCUT2D eigenvalue weighted by Gasteiger charge is -2.70. The van der Waals surface area contributed by atoms with Crippen LogP contribution in [0, 0.1) is 57.7 Å². The Labute approximate surface area is 302 Å². The van der Waals surface area contributed by atoms with E-state index >= 15 is 0 Å². The van der Waals surface area contributed by atoms with Crippen molar-refractivity contribution in [2.24, 2.45) is 50.7 Å². The molecule has 1 aromatic heterocycles. The molecule has 11 nitrogen and oxygen atoms in total. The molecule has 3 unspecified atom stereocenters. The molecule has 8 atom stereocenters. The predicted molar refractivity (Wildman–Crippen MR) is 190 cm³/mol. The minimum absolute atomic E-state index is 0.0126. The minimum Gasteiger partial charge on any atom is -0.481 e. The smallest absolute Gasteiger partial charge is 0.315 e. The van der Waals surface area contributed by atoms with Gasteiger partial charge in [-0.15, -0.1) is 10.2 Å². The molecule has 0 spiro atoms. The van der Waals surface area contributed by atoms with Crippen molar-refractivity contribution in [1.29, 1.82) is 0 Å². The zero-order valence-corrected chi connectivity index (χ0v) is 32.5. The van der Waals surface area contributed by atoms with Crippen LogP contribution < -0.4 is 10.6 Å². The number of carbonyl (C=O) groups excluding carboxylic acids is 3. The molecule has 0 aliphatic heterocycles. The summed E-state index contributed by atoms with van der Waals surface area (Å²) in [6, 6.07) is -0.330. The van der Waals surface area contributed by atoms with E-state index in [9.17, 15) is 24.3 Å². The first-order valence-electron chi connectivity index (χ1n) is 19.2. The first-order chi connectivity index (χ1) is 23.6. The van der Waals surface area contributed by atoms with Gasteiger partial charge in [-0.2, -0.15) is 0 Å². The van der Waals surface area contributed by atoms with Gasteiger partial charge in [0.25, 0.3) is 0 Å². The monoisotopic (exact) mass is 708 g/mol. The summed E-state index contributed by atoms with van der Waals surface area (Å²) in [7, 11) is 0. The van der Waals surface area contributed by atoms with Crippen molar-refractivity contribution >= 4 is 23.8 Å². The van der Waals surface area contributed by atoms with E-state index < -0.39 is 22.9 Å². The summed E-state index contributed by atoms with van der Waals surface area (Å²) >= 11 is 0. The number of rotatable bonds is 8. The largest absolute Gasteiger partial charge is 0.481 e. The van der Waals surface area contributed by atoms with E-state index in [2.05, 4.69) is 69.3 Å². The van der Waals surface area contributed by atoms with Gasteiger partial charge >= 0.3 is 18.0 Å². The van der Waals surface area contributed by atoms with Crippen LogP contribution in [-0.4, -0.2) is 50.7 Å². The topological polar surface area (TPSA) is 161 Å². The summed E-state index contributed by atoms with van der Waals surface area (Å²) in [5, 5.41) is 23.7. The molecule has 5 aliphatic rings. The molecule has 1 heterocycles. The van der Waals surface area contributed by atoms with Crippen molar-refractivity contribution in [2.45, 2.75) is 152 Å². The van der Waals surface area contributed by atoms with Gasteiger partial charge in [-0.3, -0.25) is 14.4 Å². The lowest BCUT2D eigenvalue weighted by Crippen LogP contribution is -2.65. The van der Waals surface area contributed by atoms with E-state index in [4.69, 9.17) is 9.15 Å². The number of allylic oxidation sites excluding steroid dienone is 1. The fourth-order valence-corrected chi connectivity index (χ4v) is 12.3. The number of nitrogens with one attached hydrogen (secondary N) is 2. The second-order valence-electron chi connectivity index (χ2n) is 19.0. The number of aromatic nitrogens is 2. The number of esters is 1. The lowest BCUT2D eigenvalue weighted by atomic mass is 9.34. The van der Waals surface area contributed by atoms with Crippen molar-refractivity contribution in [3.8, 4) is 0 Å². The standard InChI is InChI=1S/C40H60N4O7/c1-22(2)31-25(45)19-40(42-34(49)41-21-29-44-43-23(3)50-29)18-17-38(9)24(32(31)40)11-12-27-37(8)15-14-28(51-30(46)20-35(4,5)33(47)48)36(6,7)26(37)13-16-39(27,38)10/h22,26-28,31H,11-21H2,1-10H3,(H,47,48)(H2,41,42,49)/t26?,27?,28-,31?,37-,38+,39+,40+/m0/s1. The van der Waals surface area contributed by atoms with Gasteiger partial charge in [0, 0.05) is 24.7 Å². The molecule has 0 saturated heterocycles. The normalized spacial score (nSPS) is 37.2. The van der Waals surface area contributed by atoms with E-state index in [1.54, 1.807) is 20.8 Å². The number of aryl methyl sites for hydroxylation is 1. The van der Waals surface area contributed by atoms with Crippen molar-refractivity contribution in [3.05, 3.63) is 22.9 Å². The maximum Gasteiger partial charge on any atom is 0.315 e. The van der Waals surface area contributed by atoms with E-state index in [0.29, 0.717) is 36.5 Å². The average Bonchev–Trinajstić information content (AvgIpc) is 3.57. The summed E-state index contributed by atoms with van der Waals surface area (Å²) in [5.74, 6) is 0.236. The van der Waals surface area contributed by atoms with Gasteiger partial charge in [0.1, 0.15) is 11.9 Å². The van der Waals surface area contributed by atoms with Crippen LogP contribution in [0.5, 0.6) is 0 Å². The molecule has 51 heavy (non-hydrogen) atoms. The van der Waals surface area contributed by atoms with Gasteiger partial charge in [-0.25, -0.2) is 4.79 Å². The molecule has 6 rings (SSSR count). The van der Waals surface area contributed by atoms with Crippen LogP contribution in [0.3, 0.4) is 0 Å². The third-order valence-corrected chi connectivity index (χ3v) is 15.0. The van der Waals surface area contributed by atoms with E-state index in [1.165, 1.54) is 11.1 Å². The van der Waals surface area contributed by atoms with Crippen LogP contribution in [-0.2, 0) is 25.7 Å². The summed E-state index contributed by atoms with van der Waals surface area (Å²) in [4.78, 5) is 52.2. The number of fused-ring (bicyclic) bond motifs is 6. The van der Waals surface area contributed by atoms with Gasteiger partial charge in [0.15, 0.2) is 0 Å². The quantitative estimate of drug-likeness (QED) is 0.186. The Morgan fingerprint density at radius 1 is 1.00 bits per heavy atom. The highest BCUT2D eigenvalue weighted by atomic mass is 16.5. The third-order valence-electron chi connectivity index (χ3n) is 15.0. The lowest BCUT2D eigenvalue weighted by molar-refractivity contribution is -0.214. The number of amides is 2. The Bertz CT molecular complexity index is 1640. The second-order valence-corrected chi connectivity index (χ2v) is 19.0. The number of urea groups is 1. The van der Waals surface area contributed by atoms with E-state index in [-0.39, 0.29) is 64.4 Å². The van der Waals surface area contributed by atoms with Gasteiger partial charge in [-0.05, 0) is 105 Å². The summed E-state index contributed by atoms with van der Waals surface area (Å²) in [6.07, 6.45) is 7.17. The highest BCUT2D eigenvalue weighted by molar-refractivity contribution is 5.92. The molecule has 0 bridgehead atoms. The molecule has 4 fully saturated rings. The van der Waals surface area contributed by atoms with Crippen molar-refractivity contribution in [1.82, 2.24) is 20.8 Å². The average molecular weight is 709 g/mol. The number of hydrogen-bond acceptors (Lipinski definition) is 8.